The third-order valence-corrected chi connectivity index (χ3v) is 5.31. The third-order valence-electron chi connectivity index (χ3n) is 5.31. The summed E-state index contributed by atoms with van der Waals surface area (Å²) < 4.78 is 10.8. The number of methoxy groups -OCH3 is 1. The number of carbonyl (C=O) groups excluding carboxylic acids is 2. The van der Waals surface area contributed by atoms with Gasteiger partial charge in [0.1, 0.15) is 5.75 Å². The highest BCUT2D eigenvalue weighted by molar-refractivity contribution is 5.96. The van der Waals surface area contributed by atoms with E-state index in [1.165, 1.54) is 4.90 Å². The average molecular weight is 419 g/mol. The van der Waals surface area contributed by atoms with Crippen molar-refractivity contribution < 1.29 is 24.2 Å². The zero-order chi connectivity index (χ0) is 22.1. The molecule has 1 aromatic carbocycles. The van der Waals surface area contributed by atoms with E-state index in [9.17, 15) is 14.7 Å². The molecule has 2 N–H and O–H groups in total. The lowest BCUT2D eigenvalue weighted by atomic mass is 10.0. The molecule has 166 valence electrons. The van der Waals surface area contributed by atoms with Crippen molar-refractivity contribution in [3.05, 3.63) is 41.5 Å². The molecule has 0 aliphatic carbocycles. The highest BCUT2D eigenvalue weighted by atomic mass is 16.5. The number of nitrogens with zero attached hydrogens (tertiary/aromatic N) is 1. The first-order valence-corrected chi connectivity index (χ1v) is 10.5. The van der Waals surface area contributed by atoms with Crippen LogP contribution in [0.15, 0.2) is 35.9 Å². The Labute approximate surface area is 179 Å². The van der Waals surface area contributed by atoms with Crippen molar-refractivity contribution in [1.29, 1.82) is 0 Å². The molecular weight excluding hydrogens is 384 g/mol. The molecule has 0 bridgehead atoms. The van der Waals surface area contributed by atoms with E-state index in [0.29, 0.717) is 32.6 Å². The molecule has 1 fully saturated rings. The lowest BCUT2D eigenvalue weighted by Gasteiger charge is -2.25. The molecule has 1 aromatic rings. The van der Waals surface area contributed by atoms with E-state index in [4.69, 9.17) is 9.47 Å². The molecule has 2 rings (SSSR count). The molecule has 0 radical (unpaired) electrons. The number of ether oxygens (including phenoxy) is 2. The number of benzene rings is 1. The van der Waals surface area contributed by atoms with Crippen molar-refractivity contribution >= 4 is 11.9 Å². The fourth-order valence-corrected chi connectivity index (χ4v) is 3.35. The minimum Gasteiger partial charge on any atom is -0.497 e. The minimum absolute atomic E-state index is 0.0438. The van der Waals surface area contributed by atoms with Gasteiger partial charge in [-0.15, -0.1) is 0 Å². The van der Waals surface area contributed by atoms with E-state index >= 15 is 0 Å². The standard InChI is InChI=1S/C23H34N2O5/c1-16(2)21-14-24-23(28)25(21)22(27)13-19(26)8-5-17(3)11-12-30-15-18-6-9-20(29-4)10-7-18/h6-7,9-11,16,19,21,26H,5,8,12-15H2,1-4H3,(H,24,28)/b17-11-/t19-,21+/m1/s1. The van der Waals surface area contributed by atoms with Gasteiger partial charge < -0.3 is 19.9 Å². The summed E-state index contributed by atoms with van der Waals surface area (Å²) in [6.45, 7) is 7.40. The highest BCUT2D eigenvalue weighted by Crippen LogP contribution is 2.19. The Bertz CT molecular complexity index is 730. The van der Waals surface area contributed by atoms with Gasteiger partial charge in [0.2, 0.25) is 5.91 Å². The van der Waals surface area contributed by atoms with E-state index in [-0.39, 0.29) is 30.3 Å². The number of amides is 3. The van der Waals surface area contributed by atoms with Crippen LogP contribution in [0, 0.1) is 5.92 Å². The lowest BCUT2D eigenvalue weighted by Crippen LogP contribution is -2.43. The van der Waals surface area contributed by atoms with E-state index in [2.05, 4.69) is 5.32 Å². The van der Waals surface area contributed by atoms with Crippen LogP contribution < -0.4 is 10.1 Å². The summed E-state index contributed by atoms with van der Waals surface area (Å²) in [4.78, 5) is 25.7. The van der Waals surface area contributed by atoms with Gasteiger partial charge >= 0.3 is 6.03 Å². The fourth-order valence-electron chi connectivity index (χ4n) is 3.35. The summed E-state index contributed by atoms with van der Waals surface area (Å²) in [6, 6.07) is 7.22. The number of allylic oxidation sites excluding steroid dienone is 1. The second-order valence-corrected chi connectivity index (χ2v) is 8.07. The summed E-state index contributed by atoms with van der Waals surface area (Å²) in [5.41, 5.74) is 2.16. The molecule has 2 atom stereocenters. The van der Waals surface area contributed by atoms with Crippen molar-refractivity contribution in [2.24, 2.45) is 5.92 Å². The number of nitrogens with one attached hydrogen (secondary N) is 1. The molecule has 0 saturated carbocycles. The number of aliphatic hydroxyl groups is 1. The maximum Gasteiger partial charge on any atom is 0.324 e. The Morgan fingerprint density at radius 3 is 2.67 bits per heavy atom. The number of imide groups is 1. The summed E-state index contributed by atoms with van der Waals surface area (Å²) >= 11 is 0. The van der Waals surface area contributed by atoms with Crippen molar-refractivity contribution in [3.63, 3.8) is 0 Å². The monoisotopic (exact) mass is 418 g/mol. The summed E-state index contributed by atoms with van der Waals surface area (Å²) in [6.07, 6.45) is 2.30. The van der Waals surface area contributed by atoms with Crippen LogP contribution in [0.2, 0.25) is 0 Å². The largest absolute Gasteiger partial charge is 0.497 e. The molecule has 1 heterocycles. The molecule has 0 spiro atoms. The van der Waals surface area contributed by atoms with Gasteiger partial charge in [-0.3, -0.25) is 9.69 Å². The van der Waals surface area contributed by atoms with Crippen molar-refractivity contribution in [3.8, 4) is 5.75 Å². The number of carbonyl (C=O) groups is 2. The normalized spacial score (nSPS) is 17.9. The Balaban J connectivity index is 1.69. The van der Waals surface area contributed by atoms with Crippen molar-refractivity contribution in [1.82, 2.24) is 10.2 Å². The summed E-state index contributed by atoms with van der Waals surface area (Å²) in [7, 11) is 1.64. The van der Waals surface area contributed by atoms with E-state index < -0.39 is 6.10 Å². The first-order valence-electron chi connectivity index (χ1n) is 10.5. The lowest BCUT2D eigenvalue weighted by molar-refractivity contribution is -0.131. The highest BCUT2D eigenvalue weighted by Gasteiger charge is 2.37. The van der Waals surface area contributed by atoms with Crippen LogP contribution >= 0.6 is 0 Å². The van der Waals surface area contributed by atoms with Gasteiger partial charge in [-0.1, -0.05) is 37.6 Å². The van der Waals surface area contributed by atoms with Gasteiger partial charge in [0.05, 0.1) is 38.9 Å². The van der Waals surface area contributed by atoms with Gasteiger partial charge in [0.25, 0.3) is 0 Å². The SMILES string of the molecule is COc1ccc(COC/C=C(/C)CC[C@@H](O)CC(=O)N2C(=O)NC[C@H]2C(C)C)cc1. The van der Waals surface area contributed by atoms with Crippen LogP contribution in [0.1, 0.15) is 45.6 Å². The smallest absolute Gasteiger partial charge is 0.324 e. The summed E-state index contributed by atoms with van der Waals surface area (Å²) in [5.74, 6) is 0.672. The van der Waals surface area contributed by atoms with Gasteiger partial charge in [0.15, 0.2) is 0 Å². The van der Waals surface area contributed by atoms with Crippen LogP contribution in [0.25, 0.3) is 0 Å². The predicted molar refractivity (Wildman–Crippen MR) is 115 cm³/mol. The Morgan fingerprint density at radius 1 is 1.33 bits per heavy atom. The molecule has 7 nitrogen and oxygen atoms in total. The molecule has 0 aromatic heterocycles. The molecule has 30 heavy (non-hydrogen) atoms. The van der Waals surface area contributed by atoms with Crippen molar-refractivity contribution in [2.75, 3.05) is 20.3 Å². The number of hydrogen-bond acceptors (Lipinski definition) is 5. The van der Waals surface area contributed by atoms with Gasteiger partial charge in [-0.2, -0.15) is 0 Å². The number of aliphatic hydroxyl groups excluding tert-OH is 1. The second kappa shape index (κ2) is 11.7. The first kappa shape index (κ1) is 23.9. The molecule has 3 amide bonds. The summed E-state index contributed by atoms with van der Waals surface area (Å²) in [5, 5.41) is 13.0. The number of urea groups is 1. The molecule has 7 heteroatoms. The van der Waals surface area contributed by atoms with Gasteiger partial charge in [0, 0.05) is 6.54 Å². The first-order chi connectivity index (χ1) is 14.3. The third kappa shape index (κ3) is 7.15. The van der Waals surface area contributed by atoms with Crippen molar-refractivity contribution in [2.45, 2.75) is 58.8 Å². The maximum atomic E-state index is 12.5. The van der Waals surface area contributed by atoms with E-state index in [1.807, 2.05) is 51.1 Å². The van der Waals surface area contributed by atoms with Crippen LogP contribution in [0.4, 0.5) is 4.79 Å². The fraction of sp³-hybridized carbons (Fsp3) is 0.565. The Hall–Kier alpha value is -2.38. The number of rotatable bonds is 11. The molecule has 1 aliphatic rings. The minimum atomic E-state index is -0.776. The predicted octanol–water partition coefficient (Wildman–Crippen LogP) is 3.27. The van der Waals surface area contributed by atoms with Crippen LogP contribution in [-0.2, 0) is 16.1 Å². The maximum absolute atomic E-state index is 12.5. The zero-order valence-corrected chi connectivity index (χ0v) is 18.4. The molecule has 1 aliphatic heterocycles. The van der Waals surface area contributed by atoms with Gasteiger partial charge in [-0.25, -0.2) is 4.79 Å². The molecule has 0 unspecified atom stereocenters. The quantitative estimate of drug-likeness (QED) is 0.425. The Kier molecular flexibility index (Phi) is 9.33. The second-order valence-electron chi connectivity index (χ2n) is 8.07. The zero-order valence-electron chi connectivity index (χ0n) is 18.4. The Morgan fingerprint density at radius 2 is 2.03 bits per heavy atom. The molecule has 1 saturated heterocycles. The van der Waals surface area contributed by atoms with E-state index in [0.717, 1.165) is 16.9 Å². The average Bonchev–Trinajstić information content (AvgIpc) is 3.12. The van der Waals surface area contributed by atoms with Crippen LogP contribution in [-0.4, -0.2) is 54.4 Å². The topological polar surface area (TPSA) is 88.1 Å². The number of hydrogen-bond donors (Lipinski definition) is 2. The van der Waals surface area contributed by atoms with Gasteiger partial charge in [-0.05, 0) is 43.4 Å². The van der Waals surface area contributed by atoms with E-state index in [1.54, 1.807) is 7.11 Å². The van der Waals surface area contributed by atoms with Crippen LogP contribution in [0.5, 0.6) is 5.75 Å². The van der Waals surface area contributed by atoms with Crippen LogP contribution in [0.3, 0.4) is 0 Å². The molecular formula is C23H34N2O5.